The number of aryl methyl sites for hydroxylation is 3. The number of piperazine rings is 1. The Balaban J connectivity index is 1.58. The van der Waals surface area contributed by atoms with Crippen molar-refractivity contribution < 1.29 is 4.79 Å². The highest BCUT2D eigenvalue weighted by Crippen LogP contribution is 2.18. The molecule has 2 heterocycles. The van der Waals surface area contributed by atoms with Crippen LogP contribution in [0, 0.1) is 13.8 Å². The largest absolute Gasteiger partial charge is 0.368 e. The smallest absolute Gasteiger partial charge is 0.228 e. The van der Waals surface area contributed by atoms with Crippen LogP contribution < -0.4 is 4.90 Å². The van der Waals surface area contributed by atoms with E-state index in [2.05, 4.69) is 41.2 Å². The van der Waals surface area contributed by atoms with Gasteiger partial charge >= 0.3 is 0 Å². The molecular formula is C18H24N4O. The fraction of sp³-hybridized carbons (Fsp3) is 0.444. The van der Waals surface area contributed by atoms with Crippen LogP contribution in [0.15, 0.2) is 30.3 Å². The van der Waals surface area contributed by atoms with E-state index in [-0.39, 0.29) is 5.91 Å². The molecule has 2 aromatic rings. The third-order valence-electron chi connectivity index (χ3n) is 4.43. The van der Waals surface area contributed by atoms with E-state index >= 15 is 0 Å². The third-order valence-corrected chi connectivity index (χ3v) is 4.43. The van der Waals surface area contributed by atoms with Crippen LogP contribution in [0.4, 0.5) is 5.69 Å². The number of anilines is 1. The van der Waals surface area contributed by atoms with Crippen molar-refractivity contribution in [3.05, 3.63) is 47.3 Å². The zero-order valence-electron chi connectivity index (χ0n) is 14.1. The molecule has 0 spiro atoms. The number of benzene rings is 1. The Bertz CT molecular complexity index is 699. The number of nitrogens with zero attached hydrogens (tertiary/aromatic N) is 4. The average molecular weight is 312 g/mol. The Morgan fingerprint density at radius 3 is 2.48 bits per heavy atom. The molecule has 23 heavy (non-hydrogen) atoms. The van der Waals surface area contributed by atoms with Crippen molar-refractivity contribution in [1.82, 2.24) is 14.7 Å². The van der Waals surface area contributed by atoms with E-state index in [1.807, 2.05) is 24.9 Å². The minimum Gasteiger partial charge on any atom is -0.368 e. The van der Waals surface area contributed by atoms with Gasteiger partial charge in [-0.3, -0.25) is 9.48 Å². The highest BCUT2D eigenvalue weighted by molar-refractivity contribution is 5.78. The Morgan fingerprint density at radius 2 is 1.87 bits per heavy atom. The number of hydrogen-bond donors (Lipinski definition) is 0. The lowest BCUT2D eigenvalue weighted by molar-refractivity contribution is -0.130. The molecule has 1 fully saturated rings. The maximum Gasteiger partial charge on any atom is 0.228 e. The first kappa shape index (κ1) is 15.6. The number of hydrogen-bond acceptors (Lipinski definition) is 3. The molecule has 1 aromatic heterocycles. The van der Waals surface area contributed by atoms with Gasteiger partial charge in [0, 0.05) is 44.6 Å². The number of carbonyl (C=O) groups excluding carboxylic acids is 1. The summed E-state index contributed by atoms with van der Waals surface area (Å²) in [4.78, 5) is 16.8. The molecule has 0 N–H and O–H groups in total. The van der Waals surface area contributed by atoms with Crippen molar-refractivity contribution in [3.8, 4) is 0 Å². The first-order chi connectivity index (χ1) is 11.0. The minimum absolute atomic E-state index is 0.192. The van der Waals surface area contributed by atoms with E-state index < -0.39 is 0 Å². The quantitative estimate of drug-likeness (QED) is 0.869. The van der Waals surface area contributed by atoms with E-state index in [9.17, 15) is 4.79 Å². The molecule has 5 nitrogen and oxygen atoms in total. The van der Waals surface area contributed by atoms with Gasteiger partial charge in [-0.05, 0) is 37.6 Å². The summed E-state index contributed by atoms with van der Waals surface area (Å²) in [7, 11) is 1.89. The van der Waals surface area contributed by atoms with Gasteiger partial charge in [-0.25, -0.2) is 0 Å². The van der Waals surface area contributed by atoms with Gasteiger partial charge in [0.1, 0.15) is 0 Å². The van der Waals surface area contributed by atoms with Crippen molar-refractivity contribution in [2.45, 2.75) is 20.3 Å². The van der Waals surface area contributed by atoms with Gasteiger partial charge in [-0.2, -0.15) is 5.10 Å². The van der Waals surface area contributed by atoms with Crippen LogP contribution in [0.3, 0.4) is 0 Å². The average Bonchev–Trinajstić information content (AvgIpc) is 2.85. The van der Waals surface area contributed by atoms with E-state index in [0.29, 0.717) is 6.42 Å². The van der Waals surface area contributed by atoms with E-state index in [1.165, 1.54) is 11.3 Å². The van der Waals surface area contributed by atoms with Crippen LogP contribution in [-0.2, 0) is 18.3 Å². The third kappa shape index (κ3) is 3.55. The molecule has 1 saturated heterocycles. The normalized spacial score (nSPS) is 15.1. The second-order valence-corrected chi connectivity index (χ2v) is 6.28. The maximum absolute atomic E-state index is 12.5. The molecule has 1 aliphatic heterocycles. The lowest BCUT2D eigenvalue weighted by Crippen LogP contribution is -2.49. The second-order valence-electron chi connectivity index (χ2n) is 6.28. The summed E-state index contributed by atoms with van der Waals surface area (Å²) in [5, 5.41) is 4.31. The van der Waals surface area contributed by atoms with Crippen LogP contribution >= 0.6 is 0 Å². The lowest BCUT2D eigenvalue weighted by Gasteiger charge is -2.36. The number of amides is 1. The highest BCUT2D eigenvalue weighted by atomic mass is 16.2. The van der Waals surface area contributed by atoms with Gasteiger partial charge in [-0.15, -0.1) is 0 Å². The van der Waals surface area contributed by atoms with Crippen LogP contribution in [0.2, 0.25) is 0 Å². The van der Waals surface area contributed by atoms with Gasteiger partial charge in [0.25, 0.3) is 0 Å². The summed E-state index contributed by atoms with van der Waals surface area (Å²) < 4.78 is 1.80. The van der Waals surface area contributed by atoms with Crippen molar-refractivity contribution in [2.75, 3.05) is 31.1 Å². The second kappa shape index (κ2) is 6.44. The van der Waals surface area contributed by atoms with Gasteiger partial charge in [0.2, 0.25) is 5.91 Å². The topological polar surface area (TPSA) is 41.4 Å². The van der Waals surface area contributed by atoms with Crippen molar-refractivity contribution >= 4 is 11.6 Å². The molecule has 1 aromatic carbocycles. The van der Waals surface area contributed by atoms with Crippen molar-refractivity contribution in [3.63, 3.8) is 0 Å². The van der Waals surface area contributed by atoms with Gasteiger partial charge in [0.15, 0.2) is 0 Å². The Hall–Kier alpha value is -2.30. The number of carbonyl (C=O) groups is 1. The van der Waals surface area contributed by atoms with Gasteiger partial charge < -0.3 is 9.80 Å². The number of aromatic nitrogens is 2. The van der Waals surface area contributed by atoms with Crippen molar-refractivity contribution in [2.24, 2.45) is 7.05 Å². The molecule has 0 atom stereocenters. The van der Waals surface area contributed by atoms with Gasteiger partial charge in [-0.1, -0.05) is 12.1 Å². The van der Waals surface area contributed by atoms with Crippen LogP contribution in [0.25, 0.3) is 0 Å². The Morgan fingerprint density at radius 1 is 1.13 bits per heavy atom. The molecular weight excluding hydrogens is 288 g/mol. The lowest BCUT2D eigenvalue weighted by atomic mass is 10.2. The van der Waals surface area contributed by atoms with E-state index in [4.69, 9.17) is 0 Å². The summed E-state index contributed by atoms with van der Waals surface area (Å²) in [6.45, 7) is 7.40. The molecule has 1 amide bonds. The molecule has 0 radical (unpaired) electrons. The van der Waals surface area contributed by atoms with Crippen LogP contribution in [-0.4, -0.2) is 46.8 Å². The Labute approximate surface area is 137 Å². The predicted octanol–water partition coefficient (Wildman–Crippen LogP) is 1.93. The number of rotatable bonds is 3. The summed E-state index contributed by atoms with van der Waals surface area (Å²) in [5.74, 6) is 0.192. The monoisotopic (exact) mass is 312 g/mol. The van der Waals surface area contributed by atoms with E-state index in [1.54, 1.807) is 4.68 Å². The molecule has 0 bridgehead atoms. The molecule has 0 saturated carbocycles. The Kier molecular flexibility index (Phi) is 4.37. The van der Waals surface area contributed by atoms with Crippen LogP contribution in [0.5, 0.6) is 0 Å². The zero-order valence-corrected chi connectivity index (χ0v) is 14.1. The zero-order chi connectivity index (χ0) is 16.4. The molecule has 1 aliphatic rings. The van der Waals surface area contributed by atoms with Crippen molar-refractivity contribution in [1.29, 1.82) is 0 Å². The highest BCUT2D eigenvalue weighted by Gasteiger charge is 2.22. The summed E-state index contributed by atoms with van der Waals surface area (Å²) >= 11 is 0. The standard InChI is InChI=1S/C18H24N4O/c1-14-5-4-6-16(11-14)21-7-9-22(10-8-21)18(23)13-17-12-15(2)19-20(17)3/h4-6,11-12H,7-10,13H2,1-3H3. The van der Waals surface area contributed by atoms with E-state index in [0.717, 1.165) is 37.6 Å². The van der Waals surface area contributed by atoms with Crippen LogP contribution in [0.1, 0.15) is 17.0 Å². The summed E-state index contributed by atoms with van der Waals surface area (Å²) in [5.41, 5.74) is 4.46. The fourth-order valence-electron chi connectivity index (χ4n) is 3.14. The first-order valence-electron chi connectivity index (χ1n) is 8.12. The summed E-state index contributed by atoms with van der Waals surface area (Å²) in [6, 6.07) is 10.5. The first-order valence-corrected chi connectivity index (χ1v) is 8.12. The van der Waals surface area contributed by atoms with Gasteiger partial charge in [0.05, 0.1) is 12.1 Å². The molecule has 0 unspecified atom stereocenters. The fourth-order valence-corrected chi connectivity index (χ4v) is 3.14. The SMILES string of the molecule is Cc1cccc(N2CCN(C(=O)Cc3cc(C)nn3C)CC2)c1. The summed E-state index contributed by atoms with van der Waals surface area (Å²) in [6.07, 6.45) is 0.432. The predicted molar refractivity (Wildman–Crippen MR) is 91.6 cm³/mol. The molecule has 3 rings (SSSR count). The molecule has 5 heteroatoms. The maximum atomic E-state index is 12.5. The molecule has 122 valence electrons. The minimum atomic E-state index is 0.192. The molecule has 0 aliphatic carbocycles.